The first-order valence-electron chi connectivity index (χ1n) is 16.0. The van der Waals surface area contributed by atoms with Crippen molar-refractivity contribution in [2.24, 2.45) is 0 Å². The minimum absolute atomic E-state index is 0.0585. The predicted octanol–water partition coefficient (Wildman–Crippen LogP) is 10.5. The Morgan fingerprint density at radius 2 is 1.08 bits per heavy atom. The van der Waals surface area contributed by atoms with Crippen molar-refractivity contribution in [3.05, 3.63) is 104 Å². The van der Waals surface area contributed by atoms with Gasteiger partial charge in [-0.3, -0.25) is 14.5 Å². The minimum atomic E-state index is -0.815. The molecule has 0 bridgehead atoms. The van der Waals surface area contributed by atoms with Gasteiger partial charge in [-0.05, 0) is 96.0 Å². The van der Waals surface area contributed by atoms with Crippen LogP contribution in [0.3, 0.4) is 0 Å². The van der Waals surface area contributed by atoms with E-state index < -0.39 is 28.8 Å². The summed E-state index contributed by atoms with van der Waals surface area (Å²) in [7, 11) is 0. The van der Waals surface area contributed by atoms with E-state index in [1.807, 2.05) is 107 Å². The maximum absolute atomic E-state index is 13.0. The van der Waals surface area contributed by atoms with Gasteiger partial charge in [-0.2, -0.15) is 0 Å². The Balaban J connectivity index is 0.000000365. The summed E-state index contributed by atoms with van der Waals surface area (Å²) in [5.41, 5.74) is 1.03. The SMILES string of the molecule is CC(C)(C)OC(=O)CCC(C)(C)c1ccccc1Br.CC(C)(C)OC(=O)CN(C(=O)OCc1ccccc1)C(C)(C)c1ccccc1Br. The molecule has 48 heavy (non-hydrogen) atoms. The Bertz CT molecular complexity index is 1510. The van der Waals surface area contributed by atoms with Gasteiger partial charge in [0.05, 0.1) is 5.54 Å². The molecule has 0 aromatic heterocycles. The molecule has 0 unspecified atom stereocenters. The zero-order valence-electron chi connectivity index (χ0n) is 30.0. The summed E-state index contributed by atoms with van der Waals surface area (Å²) in [5, 5.41) is 0. The van der Waals surface area contributed by atoms with Crippen LogP contribution in [0.2, 0.25) is 0 Å². The van der Waals surface area contributed by atoms with Gasteiger partial charge in [0.1, 0.15) is 24.4 Å². The van der Waals surface area contributed by atoms with E-state index in [4.69, 9.17) is 14.2 Å². The van der Waals surface area contributed by atoms with Gasteiger partial charge in [0.2, 0.25) is 0 Å². The fourth-order valence-corrected chi connectivity index (χ4v) is 6.44. The lowest BCUT2D eigenvalue weighted by molar-refractivity contribution is -0.157. The van der Waals surface area contributed by atoms with Gasteiger partial charge in [0, 0.05) is 15.4 Å². The second-order valence-corrected chi connectivity index (χ2v) is 16.4. The minimum Gasteiger partial charge on any atom is -0.460 e. The van der Waals surface area contributed by atoms with E-state index in [2.05, 4.69) is 51.8 Å². The lowest BCUT2D eigenvalue weighted by atomic mass is 9.80. The van der Waals surface area contributed by atoms with Crippen molar-refractivity contribution in [1.29, 1.82) is 0 Å². The molecule has 0 atom stereocenters. The summed E-state index contributed by atoms with van der Waals surface area (Å²) in [6.45, 7) is 19.0. The summed E-state index contributed by atoms with van der Waals surface area (Å²) in [6.07, 6.45) is 0.622. The Kier molecular flexibility index (Phi) is 14.9. The van der Waals surface area contributed by atoms with Gasteiger partial charge in [0.15, 0.2) is 0 Å². The predicted molar refractivity (Wildman–Crippen MR) is 199 cm³/mol. The first kappa shape index (κ1) is 41.0. The molecule has 262 valence electrons. The summed E-state index contributed by atoms with van der Waals surface area (Å²) < 4.78 is 18.3. The molecule has 0 fully saturated rings. The van der Waals surface area contributed by atoms with Crippen LogP contribution in [0.5, 0.6) is 0 Å². The lowest BCUT2D eigenvalue weighted by Gasteiger charge is -2.38. The maximum Gasteiger partial charge on any atom is 0.411 e. The molecular formula is C39H51Br2NO6. The third-order valence-electron chi connectivity index (χ3n) is 7.32. The van der Waals surface area contributed by atoms with E-state index >= 15 is 0 Å². The third kappa shape index (κ3) is 13.7. The molecule has 0 aliphatic carbocycles. The van der Waals surface area contributed by atoms with Gasteiger partial charge in [-0.25, -0.2) is 4.79 Å². The van der Waals surface area contributed by atoms with Crippen molar-refractivity contribution in [2.45, 2.75) is 111 Å². The Labute approximate surface area is 304 Å². The van der Waals surface area contributed by atoms with Crippen molar-refractivity contribution < 1.29 is 28.6 Å². The van der Waals surface area contributed by atoms with Gasteiger partial charge in [-0.1, -0.05) is 112 Å². The van der Waals surface area contributed by atoms with E-state index in [0.717, 1.165) is 26.5 Å². The number of carbonyl (C=O) groups excluding carboxylic acids is 3. The molecule has 3 rings (SSSR count). The van der Waals surface area contributed by atoms with Crippen LogP contribution in [0.25, 0.3) is 0 Å². The van der Waals surface area contributed by atoms with Gasteiger partial charge >= 0.3 is 18.0 Å². The normalized spacial score (nSPS) is 11.9. The highest BCUT2D eigenvalue weighted by atomic mass is 79.9. The molecule has 0 spiro atoms. The molecule has 0 heterocycles. The molecule has 0 saturated heterocycles. The van der Waals surface area contributed by atoms with Crippen LogP contribution in [0.4, 0.5) is 4.79 Å². The molecule has 0 saturated carbocycles. The average Bonchev–Trinajstić information content (AvgIpc) is 2.97. The number of halogens is 2. The fraction of sp³-hybridized carbons (Fsp3) is 0.462. The van der Waals surface area contributed by atoms with Crippen LogP contribution in [0, 0.1) is 0 Å². The van der Waals surface area contributed by atoms with Crippen molar-refractivity contribution in [1.82, 2.24) is 4.90 Å². The van der Waals surface area contributed by atoms with Gasteiger partial charge in [-0.15, -0.1) is 0 Å². The fourth-order valence-electron chi connectivity index (χ4n) is 4.85. The third-order valence-corrected chi connectivity index (χ3v) is 8.70. The van der Waals surface area contributed by atoms with Crippen LogP contribution in [-0.4, -0.2) is 40.7 Å². The van der Waals surface area contributed by atoms with Crippen molar-refractivity contribution in [2.75, 3.05) is 6.54 Å². The van der Waals surface area contributed by atoms with E-state index in [1.54, 1.807) is 20.8 Å². The molecule has 7 nitrogen and oxygen atoms in total. The van der Waals surface area contributed by atoms with Crippen molar-refractivity contribution in [3.8, 4) is 0 Å². The molecule has 0 radical (unpaired) electrons. The largest absolute Gasteiger partial charge is 0.460 e. The molecule has 1 amide bonds. The van der Waals surface area contributed by atoms with E-state index in [1.165, 1.54) is 10.5 Å². The average molecular weight is 790 g/mol. The van der Waals surface area contributed by atoms with Crippen molar-refractivity contribution in [3.63, 3.8) is 0 Å². The topological polar surface area (TPSA) is 82.1 Å². The summed E-state index contributed by atoms with van der Waals surface area (Å²) >= 11 is 7.12. The number of carbonyl (C=O) groups is 3. The summed E-state index contributed by atoms with van der Waals surface area (Å²) in [4.78, 5) is 38.8. The molecule has 0 aliphatic rings. The first-order chi connectivity index (χ1) is 22.1. The molecule has 0 aliphatic heterocycles. The molecule has 3 aromatic carbocycles. The standard InChI is InChI=1S/C23H28BrNO4.C16H23BrO2/c1-22(2,3)29-20(26)15-25(21(27)28-16-17-11-7-6-8-12-17)23(4,5)18-13-9-10-14-19(18)24;1-15(2,3)19-14(18)10-11-16(4,5)12-8-6-7-9-13(12)17/h6-14H,15-16H2,1-5H3;6-9H,10-11H2,1-5H3. The van der Waals surface area contributed by atoms with E-state index in [0.29, 0.717) is 6.42 Å². The molecular weight excluding hydrogens is 738 g/mol. The molecule has 3 aromatic rings. The second kappa shape index (κ2) is 17.5. The maximum atomic E-state index is 13.0. The summed E-state index contributed by atoms with van der Waals surface area (Å²) in [5.74, 6) is -0.623. The number of rotatable bonds is 10. The Hall–Kier alpha value is -3.17. The second-order valence-electron chi connectivity index (χ2n) is 14.7. The van der Waals surface area contributed by atoms with Gasteiger partial charge < -0.3 is 14.2 Å². The highest BCUT2D eigenvalue weighted by Gasteiger charge is 2.37. The molecule has 9 heteroatoms. The Morgan fingerprint density at radius 1 is 0.625 bits per heavy atom. The number of hydrogen-bond acceptors (Lipinski definition) is 6. The van der Waals surface area contributed by atoms with Crippen LogP contribution in [0.15, 0.2) is 87.8 Å². The van der Waals surface area contributed by atoms with Crippen LogP contribution >= 0.6 is 31.9 Å². The van der Waals surface area contributed by atoms with Crippen LogP contribution in [-0.2, 0) is 41.4 Å². The molecule has 0 N–H and O–H groups in total. The number of hydrogen-bond donors (Lipinski definition) is 0. The first-order valence-corrected chi connectivity index (χ1v) is 17.6. The highest BCUT2D eigenvalue weighted by Crippen LogP contribution is 2.35. The highest BCUT2D eigenvalue weighted by molar-refractivity contribution is 9.10. The number of amides is 1. The number of benzene rings is 3. The monoisotopic (exact) mass is 787 g/mol. The smallest absolute Gasteiger partial charge is 0.411 e. The van der Waals surface area contributed by atoms with Crippen LogP contribution in [0.1, 0.15) is 98.8 Å². The number of ether oxygens (including phenoxy) is 3. The quantitative estimate of drug-likeness (QED) is 0.150. The zero-order chi connectivity index (χ0) is 36.3. The van der Waals surface area contributed by atoms with Crippen LogP contribution < -0.4 is 0 Å². The lowest BCUT2D eigenvalue weighted by Crippen LogP contribution is -2.49. The zero-order valence-corrected chi connectivity index (χ0v) is 33.2. The van der Waals surface area contributed by atoms with E-state index in [9.17, 15) is 14.4 Å². The van der Waals surface area contributed by atoms with Crippen molar-refractivity contribution >= 4 is 49.9 Å². The number of nitrogens with zero attached hydrogens (tertiary/aromatic N) is 1. The number of esters is 2. The van der Waals surface area contributed by atoms with E-state index in [-0.39, 0.29) is 24.5 Å². The van der Waals surface area contributed by atoms with Gasteiger partial charge in [0.25, 0.3) is 0 Å². The Morgan fingerprint density at radius 3 is 1.58 bits per heavy atom. The summed E-state index contributed by atoms with van der Waals surface area (Å²) in [6, 6.07) is 25.2.